The third kappa shape index (κ3) is 3.81. The average molecular weight is 255 g/mol. The van der Waals surface area contributed by atoms with Gasteiger partial charge in [0.1, 0.15) is 0 Å². The van der Waals surface area contributed by atoms with E-state index in [2.05, 4.69) is 15.6 Å². The second-order valence-electron chi connectivity index (χ2n) is 4.47. The smallest absolute Gasteiger partial charge is 0.319 e. The average Bonchev–Trinajstić information content (AvgIpc) is 2.39. The number of amides is 2. The fourth-order valence-electron chi connectivity index (χ4n) is 1.82. The molecule has 1 heterocycles. The van der Waals surface area contributed by atoms with E-state index < -0.39 is 0 Å². The molecule has 0 spiro atoms. The van der Waals surface area contributed by atoms with Crippen LogP contribution in [0.4, 0.5) is 10.5 Å². The van der Waals surface area contributed by atoms with E-state index in [1.807, 2.05) is 50.2 Å². The van der Waals surface area contributed by atoms with Gasteiger partial charge in [-0.15, -0.1) is 0 Å². The number of aryl methyl sites for hydroxylation is 1. The lowest BCUT2D eigenvalue weighted by Crippen LogP contribution is -2.31. The van der Waals surface area contributed by atoms with Crippen molar-refractivity contribution in [2.75, 3.05) is 5.32 Å². The van der Waals surface area contributed by atoms with Crippen LogP contribution in [-0.4, -0.2) is 11.0 Å². The van der Waals surface area contributed by atoms with Gasteiger partial charge >= 0.3 is 6.03 Å². The minimum absolute atomic E-state index is 0.0622. The maximum atomic E-state index is 11.9. The van der Waals surface area contributed by atoms with E-state index in [0.717, 1.165) is 16.8 Å². The van der Waals surface area contributed by atoms with Crippen molar-refractivity contribution in [2.24, 2.45) is 0 Å². The number of carbonyl (C=O) groups is 1. The van der Waals surface area contributed by atoms with Gasteiger partial charge < -0.3 is 10.6 Å². The first-order valence-electron chi connectivity index (χ1n) is 6.19. The van der Waals surface area contributed by atoms with E-state index in [4.69, 9.17) is 0 Å². The van der Waals surface area contributed by atoms with Crippen LogP contribution >= 0.6 is 0 Å². The van der Waals surface area contributed by atoms with Crippen LogP contribution in [0.1, 0.15) is 24.1 Å². The van der Waals surface area contributed by atoms with Gasteiger partial charge in [-0.2, -0.15) is 0 Å². The number of nitrogens with zero attached hydrogens (tertiary/aromatic N) is 1. The van der Waals surface area contributed by atoms with Gasteiger partial charge in [0.25, 0.3) is 0 Å². The number of aromatic nitrogens is 1. The van der Waals surface area contributed by atoms with E-state index in [9.17, 15) is 4.79 Å². The summed E-state index contributed by atoms with van der Waals surface area (Å²) in [6, 6.07) is 11.2. The number of hydrogen-bond donors (Lipinski definition) is 2. The third-order valence-corrected chi connectivity index (χ3v) is 2.83. The molecule has 1 atom stereocenters. The predicted octanol–water partition coefficient (Wildman–Crippen LogP) is 3.27. The van der Waals surface area contributed by atoms with Gasteiger partial charge in [-0.05, 0) is 49.2 Å². The monoisotopic (exact) mass is 255 g/mol. The Morgan fingerprint density at radius 1 is 1.21 bits per heavy atom. The van der Waals surface area contributed by atoms with E-state index >= 15 is 0 Å². The van der Waals surface area contributed by atoms with Crippen LogP contribution in [0.5, 0.6) is 0 Å². The third-order valence-electron chi connectivity index (χ3n) is 2.83. The molecule has 0 aliphatic heterocycles. The van der Waals surface area contributed by atoms with Gasteiger partial charge in [0.15, 0.2) is 0 Å². The number of benzene rings is 1. The number of nitrogens with one attached hydrogen (secondary N) is 2. The summed E-state index contributed by atoms with van der Waals surface area (Å²) >= 11 is 0. The van der Waals surface area contributed by atoms with Gasteiger partial charge in [-0.1, -0.05) is 12.1 Å². The van der Waals surface area contributed by atoms with E-state index in [1.54, 1.807) is 12.4 Å². The molecule has 2 aromatic rings. The summed E-state index contributed by atoms with van der Waals surface area (Å²) in [5.41, 5.74) is 2.92. The fourth-order valence-corrected chi connectivity index (χ4v) is 1.82. The normalized spacial score (nSPS) is 11.7. The number of rotatable bonds is 3. The summed E-state index contributed by atoms with van der Waals surface area (Å²) in [5, 5.41) is 5.70. The molecule has 2 amide bonds. The van der Waals surface area contributed by atoms with Gasteiger partial charge in [-0.3, -0.25) is 4.98 Å². The van der Waals surface area contributed by atoms with Crippen LogP contribution in [0.3, 0.4) is 0 Å². The Balaban J connectivity index is 1.95. The molecule has 0 saturated carbocycles. The summed E-state index contributed by atoms with van der Waals surface area (Å²) in [6.07, 6.45) is 3.43. The molecule has 0 saturated heterocycles. The first-order valence-corrected chi connectivity index (χ1v) is 6.19. The Morgan fingerprint density at radius 2 is 1.95 bits per heavy atom. The van der Waals surface area contributed by atoms with Crippen molar-refractivity contribution in [2.45, 2.75) is 19.9 Å². The first-order chi connectivity index (χ1) is 9.15. The molecule has 0 unspecified atom stereocenters. The Kier molecular flexibility index (Phi) is 4.13. The first kappa shape index (κ1) is 13.1. The molecule has 0 bridgehead atoms. The number of hydrogen-bond acceptors (Lipinski definition) is 2. The Bertz CT molecular complexity index is 554. The van der Waals surface area contributed by atoms with Crippen LogP contribution in [-0.2, 0) is 0 Å². The second kappa shape index (κ2) is 6.00. The predicted molar refractivity (Wildman–Crippen MR) is 76.0 cm³/mol. The number of anilines is 1. The van der Waals surface area contributed by atoms with Crippen molar-refractivity contribution >= 4 is 11.7 Å². The summed E-state index contributed by atoms with van der Waals surface area (Å²) in [7, 11) is 0. The summed E-state index contributed by atoms with van der Waals surface area (Å²) in [6.45, 7) is 3.92. The molecule has 1 aromatic heterocycles. The summed E-state index contributed by atoms with van der Waals surface area (Å²) < 4.78 is 0. The van der Waals surface area contributed by atoms with Gasteiger partial charge in [-0.25, -0.2) is 4.79 Å². The summed E-state index contributed by atoms with van der Waals surface area (Å²) in [4.78, 5) is 15.8. The SMILES string of the molecule is Cc1cccc(NC(=O)N[C@@H](C)c2ccncc2)c1. The minimum Gasteiger partial charge on any atom is -0.331 e. The molecule has 1 aromatic carbocycles. The Morgan fingerprint density at radius 3 is 2.63 bits per heavy atom. The van der Waals surface area contributed by atoms with Crippen molar-refractivity contribution in [1.82, 2.24) is 10.3 Å². The van der Waals surface area contributed by atoms with Crippen LogP contribution in [0.15, 0.2) is 48.8 Å². The van der Waals surface area contributed by atoms with E-state index in [0.29, 0.717) is 0 Å². The standard InChI is InChI=1S/C15H17N3O/c1-11-4-3-5-14(10-11)18-15(19)17-12(2)13-6-8-16-9-7-13/h3-10,12H,1-2H3,(H2,17,18,19)/t12-/m0/s1. The fraction of sp³-hybridized carbons (Fsp3) is 0.200. The van der Waals surface area contributed by atoms with Crippen molar-refractivity contribution in [1.29, 1.82) is 0 Å². The number of carbonyl (C=O) groups excluding carboxylic acids is 1. The van der Waals surface area contributed by atoms with Crippen molar-refractivity contribution < 1.29 is 4.79 Å². The van der Waals surface area contributed by atoms with Crippen LogP contribution in [0.2, 0.25) is 0 Å². The zero-order chi connectivity index (χ0) is 13.7. The van der Waals surface area contributed by atoms with Crippen molar-refractivity contribution in [3.63, 3.8) is 0 Å². The van der Waals surface area contributed by atoms with Crippen LogP contribution in [0.25, 0.3) is 0 Å². The minimum atomic E-state index is -0.213. The molecular weight excluding hydrogens is 238 g/mol. The Labute approximate surface area is 112 Å². The molecule has 19 heavy (non-hydrogen) atoms. The highest BCUT2D eigenvalue weighted by atomic mass is 16.2. The molecule has 4 nitrogen and oxygen atoms in total. The highest BCUT2D eigenvalue weighted by Crippen LogP contribution is 2.12. The van der Waals surface area contributed by atoms with Gasteiger partial charge in [0.05, 0.1) is 6.04 Å². The summed E-state index contributed by atoms with van der Waals surface area (Å²) in [5.74, 6) is 0. The zero-order valence-electron chi connectivity index (χ0n) is 11.1. The zero-order valence-corrected chi connectivity index (χ0v) is 11.1. The topological polar surface area (TPSA) is 54.0 Å². The van der Waals surface area contributed by atoms with E-state index in [-0.39, 0.29) is 12.1 Å². The molecule has 4 heteroatoms. The molecule has 0 aliphatic rings. The van der Waals surface area contributed by atoms with Crippen molar-refractivity contribution in [3.05, 3.63) is 59.9 Å². The maximum absolute atomic E-state index is 11.9. The molecule has 0 fully saturated rings. The lowest BCUT2D eigenvalue weighted by atomic mass is 10.1. The quantitative estimate of drug-likeness (QED) is 0.884. The molecule has 2 rings (SSSR count). The maximum Gasteiger partial charge on any atom is 0.319 e. The van der Waals surface area contributed by atoms with Crippen LogP contribution in [0, 0.1) is 6.92 Å². The van der Waals surface area contributed by atoms with Crippen molar-refractivity contribution in [3.8, 4) is 0 Å². The Hall–Kier alpha value is -2.36. The number of urea groups is 1. The van der Waals surface area contributed by atoms with Gasteiger partial charge in [0, 0.05) is 18.1 Å². The van der Waals surface area contributed by atoms with Gasteiger partial charge in [0.2, 0.25) is 0 Å². The highest BCUT2D eigenvalue weighted by Gasteiger charge is 2.09. The largest absolute Gasteiger partial charge is 0.331 e. The highest BCUT2D eigenvalue weighted by molar-refractivity contribution is 5.89. The molecule has 0 radical (unpaired) electrons. The lowest BCUT2D eigenvalue weighted by Gasteiger charge is -2.15. The molecule has 98 valence electrons. The number of pyridine rings is 1. The van der Waals surface area contributed by atoms with E-state index in [1.165, 1.54) is 0 Å². The second-order valence-corrected chi connectivity index (χ2v) is 4.47. The molecule has 2 N–H and O–H groups in total. The lowest BCUT2D eigenvalue weighted by molar-refractivity contribution is 0.249. The molecule has 0 aliphatic carbocycles. The van der Waals surface area contributed by atoms with Crippen LogP contribution < -0.4 is 10.6 Å². The molecular formula is C15H17N3O.